The minimum atomic E-state index is 0.119. The van der Waals surface area contributed by atoms with Gasteiger partial charge in [0.1, 0.15) is 0 Å². The molecule has 0 atom stereocenters. The van der Waals surface area contributed by atoms with E-state index < -0.39 is 0 Å². The van der Waals surface area contributed by atoms with Gasteiger partial charge in [-0.3, -0.25) is 4.79 Å². The highest BCUT2D eigenvalue weighted by atomic mass is 79.9. The van der Waals surface area contributed by atoms with Crippen LogP contribution in [0.1, 0.15) is 18.7 Å². The van der Waals surface area contributed by atoms with Crippen molar-refractivity contribution in [2.75, 3.05) is 0 Å². The Bertz CT molecular complexity index is 593. The summed E-state index contributed by atoms with van der Waals surface area (Å²) in [5.41, 5.74) is 1.99. The van der Waals surface area contributed by atoms with E-state index in [0.29, 0.717) is 0 Å². The van der Waals surface area contributed by atoms with Gasteiger partial charge in [-0.05, 0) is 55.3 Å². The van der Waals surface area contributed by atoms with Crippen LogP contribution in [0.4, 0.5) is 0 Å². The van der Waals surface area contributed by atoms with Gasteiger partial charge in [0.15, 0.2) is 5.78 Å². The number of halogens is 1. The van der Waals surface area contributed by atoms with E-state index in [9.17, 15) is 4.79 Å². The van der Waals surface area contributed by atoms with Crippen LogP contribution < -0.4 is 0 Å². The highest BCUT2D eigenvalue weighted by molar-refractivity contribution is 9.10. The van der Waals surface area contributed by atoms with Crippen molar-refractivity contribution in [1.29, 1.82) is 0 Å². The summed E-state index contributed by atoms with van der Waals surface area (Å²) in [7, 11) is 0. The van der Waals surface area contributed by atoms with Crippen LogP contribution in [0, 0.1) is 0 Å². The molecule has 0 aliphatic carbocycles. The molecular formula is C15H13BrOS. The van der Waals surface area contributed by atoms with Crippen molar-refractivity contribution in [2.45, 2.75) is 13.8 Å². The molecule has 2 rings (SSSR count). The Morgan fingerprint density at radius 2 is 1.78 bits per heavy atom. The van der Waals surface area contributed by atoms with Crippen molar-refractivity contribution < 1.29 is 4.79 Å². The normalized spacial score (nSPS) is 11.6. The molecule has 0 saturated carbocycles. The number of rotatable bonds is 3. The third-order valence-electron chi connectivity index (χ3n) is 2.67. The number of Topliss-reactive ketones (excluding diaryl/α,β-unsaturated/α-hetero) is 1. The maximum atomic E-state index is 11.2. The molecule has 0 radical (unpaired) electrons. The van der Waals surface area contributed by atoms with Crippen LogP contribution in [0.25, 0.3) is 16.5 Å². The SMILES string of the molecule is CC(=O)/C(C)=C/c1ccc(-c2ccc(Br)cc2)s1. The molecule has 1 aromatic heterocycles. The molecule has 0 bridgehead atoms. The van der Waals surface area contributed by atoms with Gasteiger partial charge in [0.05, 0.1) is 0 Å². The minimum Gasteiger partial charge on any atom is -0.295 e. The van der Waals surface area contributed by atoms with Crippen LogP contribution in [0.2, 0.25) is 0 Å². The van der Waals surface area contributed by atoms with E-state index >= 15 is 0 Å². The summed E-state index contributed by atoms with van der Waals surface area (Å²) < 4.78 is 1.08. The fraction of sp³-hybridized carbons (Fsp3) is 0.133. The fourth-order valence-corrected chi connectivity index (χ4v) is 2.79. The Balaban J connectivity index is 2.28. The molecule has 0 unspecified atom stereocenters. The first-order valence-electron chi connectivity index (χ1n) is 5.61. The largest absolute Gasteiger partial charge is 0.295 e. The second-order valence-corrected chi connectivity index (χ2v) is 6.12. The standard InChI is InChI=1S/C15H13BrOS/c1-10(11(2)17)9-14-7-8-15(18-14)12-3-5-13(16)6-4-12/h3-9H,1-2H3/b10-9+. The molecule has 1 nitrogen and oxygen atoms in total. The van der Waals surface area contributed by atoms with Crippen LogP contribution in [0.5, 0.6) is 0 Å². The van der Waals surface area contributed by atoms with E-state index in [1.54, 1.807) is 18.3 Å². The van der Waals surface area contributed by atoms with Gasteiger partial charge in [0.2, 0.25) is 0 Å². The average molecular weight is 321 g/mol. The second-order valence-electron chi connectivity index (χ2n) is 4.09. The molecular weight excluding hydrogens is 308 g/mol. The third kappa shape index (κ3) is 3.18. The summed E-state index contributed by atoms with van der Waals surface area (Å²) in [6.07, 6.45) is 1.94. The summed E-state index contributed by atoms with van der Waals surface area (Å²) in [6, 6.07) is 12.4. The van der Waals surface area contributed by atoms with E-state index in [4.69, 9.17) is 0 Å². The van der Waals surface area contributed by atoms with E-state index in [0.717, 1.165) is 14.9 Å². The lowest BCUT2D eigenvalue weighted by molar-refractivity contribution is -0.113. The first-order valence-corrected chi connectivity index (χ1v) is 7.22. The molecule has 92 valence electrons. The van der Waals surface area contributed by atoms with Gasteiger partial charge < -0.3 is 0 Å². The molecule has 1 heterocycles. The predicted octanol–water partition coefficient (Wildman–Crippen LogP) is 5.17. The van der Waals surface area contributed by atoms with Crippen molar-refractivity contribution in [1.82, 2.24) is 0 Å². The predicted molar refractivity (Wildman–Crippen MR) is 81.8 cm³/mol. The first-order chi connectivity index (χ1) is 8.56. The van der Waals surface area contributed by atoms with E-state index in [1.807, 2.05) is 25.1 Å². The van der Waals surface area contributed by atoms with E-state index in [-0.39, 0.29) is 5.78 Å². The Morgan fingerprint density at radius 1 is 1.11 bits per heavy atom. The van der Waals surface area contributed by atoms with E-state index in [1.165, 1.54) is 10.4 Å². The third-order valence-corrected chi connectivity index (χ3v) is 4.28. The zero-order chi connectivity index (χ0) is 13.1. The molecule has 0 fully saturated rings. The second kappa shape index (κ2) is 5.63. The van der Waals surface area contributed by atoms with Gasteiger partial charge in [0.25, 0.3) is 0 Å². The molecule has 0 amide bonds. The Hall–Kier alpha value is -1.19. The molecule has 0 N–H and O–H groups in total. The van der Waals surface area contributed by atoms with Gasteiger partial charge in [-0.1, -0.05) is 28.1 Å². The van der Waals surface area contributed by atoms with Gasteiger partial charge in [-0.25, -0.2) is 0 Å². The molecule has 0 aliphatic rings. The number of thiophene rings is 1. The Morgan fingerprint density at radius 3 is 2.39 bits per heavy atom. The summed E-state index contributed by atoms with van der Waals surface area (Å²) in [5, 5.41) is 0. The number of ketones is 1. The lowest BCUT2D eigenvalue weighted by Crippen LogP contribution is -1.89. The molecule has 1 aromatic carbocycles. The summed E-state index contributed by atoms with van der Waals surface area (Å²) in [6.45, 7) is 3.44. The molecule has 0 spiro atoms. The molecule has 0 aliphatic heterocycles. The molecule has 3 heteroatoms. The number of carbonyl (C=O) groups is 1. The highest BCUT2D eigenvalue weighted by Gasteiger charge is 2.03. The van der Waals surface area contributed by atoms with Crippen LogP contribution in [0.15, 0.2) is 46.4 Å². The quantitative estimate of drug-likeness (QED) is 0.713. The topological polar surface area (TPSA) is 17.1 Å². The summed E-state index contributed by atoms with van der Waals surface area (Å²) >= 11 is 5.12. The van der Waals surface area contributed by atoms with Crippen molar-refractivity contribution in [3.8, 4) is 10.4 Å². The fourth-order valence-electron chi connectivity index (χ4n) is 1.51. The van der Waals surface area contributed by atoms with Crippen LogP contribution in [0.3, 0.4) is 0 Å². The summed E-state index contributed by atoms with van der Waals surface area (Å²) in [5.74, 6) is 0.119. The zero-order valence-electron chi connectivity index (χ0n) is 10.2. The first kappa shape index (κ1) is 13.2. The van der Waals surface area contributed by atoms with Crippen LogP contribution in [-0.4, -0.2) is 5.78 Å². The van der Waals surface area contributed by atoms with Gasteiger partial charge in [-0.2, -0.15) is 0 Å². The van der Waals surface area contributed by atoms with Crippen molar-refractivity contribution in [2.24, 2.45) is 0 Å². The number of benzene rings is 1. The Kier molecular flexibility index (Phi) is 4.15. The van der Waals surface area contributed by atoms with Crippen molar-refractivity contribution in [3.05, 3.63) is 51.3 Å². The van der Waals surface area contributed by atoms with Crippen molar-refractivity contribution in [3.63, 3.8) is 0 Å². The monoisotopic (exact) mass is 320 g/mol. The number of hydrogen-bond donors (Lipinski definition) is 0. The van der Waals surface area contributed by atoms with Crippen LogP contribution >= 0.6 is 27.3 Å². The molecule has 0 saturated heterocycles. The van der Waals surface area contributed by atoms with Gasteiger partial charge in [0, 0.05) is 14.2 Å². The smallest absolute Gasteiger partial charge is 0.155 e. The van der Waals surface area contributed by atoms with Crippen molar-refractivity contribution >= 4 is 39.1 Å². The number of carbonyl (C=O) groups excluding carboxylic acids is 1. The lowest BCUT2D eigenvalue weighted by Gasteiger charge is -1.96. The molecule has 18 heavy (non-hydrogen) atoms. The average Bonchev–Trinajstić information content (AvgIpc) is 2.78. The number of hydrogen-bond acceptors (Lipinski definition) is 2. The highest BCUT2D eigenvalue weighted by Crippen LogP contribution is 2.30. The summed E-state index contributed by atoms with van der Waals surface area (Å²) in [4.78, 5) is 13.5. The maximum Gasteiger partial charge on any atom is 0.155 e. The van der Waals surface area contributed by atoms with Gasteiger partial charge >= 0.3 is 0 Å². The van der Waals surface area contributed by atoms with Gasteiger partial charge in [-0.15, -0.1) is 11.3 Å². The minimum absolute atomic E-state index is 0.119. The number of allylic oxidation sites excluding steroid dienone is 1. The lowest BCUT2D eigenvalue weighted by atomic mass is 10.2. The zero-order valence-corrected chi connectivity index (χ0v) is 12.6. The van der Waals surface area contributed by atoms with E-state index in [2.05, 4.69) is 40.2 Å². The maximum absolute atomic E-state index is 11.2. The Labute approximate surface area is 119 Å². The van der Waals surface area contributed by atoms with Crippen LogP contribution in [-0.2, 0) is 4.79 Å². The molecule has 2 aromatic rings.